The maximum atomic E-state index is 14.1. The van der Waals surface area contributed by atoms with E-state index in [-0.39, 0.29) is 23.4 Å². The number of amides is 2. The van der Waals surface area contributed by atoms with E-state index in [2.05, 4.69) is 5.32 Å². The lowest BCUT2D eigenvalue weighted by Gasteiger charge is -2.34. The molecule has 2 amide bonds. The second kappa shape index (κ2) is 13.1. The molecular weight excluding hydrogens is 522 g/mol. The van der Waals surface area contributed by atoms with E-state index >= 15 is 0 Å². The molecule has 0 spiro atoms. The van der Waals surface area contributed by atoms with Crippen LogP contribution in [-0.2, 0) is 26.2 Å². The van der Waals surface area contributed by atoms with Crippen LogP contribution in [0.3, 0.4) is 0 Å². The standard InChI is InChI=1S/C32H39N3O4S/c1-4-30(32(37)33-27-13-8-9-14-27)34(22-26-12-10-11-25(3)21-26)31(36)23-35(28-19-17-24(2)18-20-28)40(38,39)29-15-6-5-7-16-29/h5-7,10-12,15-21,27,30H,4,8-9,13-14,22-23H2,1-3H3,(H,33,37)/t30-/m0/s1. The minimum atomic E-state index is -4.06. The predicted molar refractivity (Wildman–Crippen MR) is 158 cm³/mol. The maximum absolute atomic E-state index is 14.1. The Balaban J connectivity index is 1.70. The minimum Gasteiger partial charge on any atom is -0.352 e. The van der Waals surface area contributed by atoms with Gasteiger partial charge in [-0.1, -0.05) is 85.5 Å². The summed E-state index contributed by atoms with van der Waals surface area (Å²) in [5.41, 5.74) is 3.29. The topological polar surface area (TPSA) is 86.8 Å². The number of carbonyl (C=O) groups excluding carboxylic acids is 2. The predicted octanol–water partition coefficient (Wildman–Crippen LogP) is 5.36. The molecule has 0 radical (unpaired) electrons. The van der Waals surface area contributed by atoms with Gasteiger partial charge in [0.15, 0.2) is 0 Å². The number of benzene rings is 3. The summed E-state index contributed by atoms with van der Waals surface area (Å²) in [7, 11) is -4.06. The van der Waals surface area contributed by atoms with E-state index < -0.39 is 28.5 Å². The van der Waals surface area contributed by atoms with Gasteiger partial charge in [0.05, 0.1) is 10.6 Å². The minimum absolute atomic E-state index is 0.0969. The van der Waals surface area contributed by atoms with Gasteiger partial charge in [-0.15, -0.1) is 0 Å². The monoisotopic (exact) mass is 561 g/mol. The molecule has 1 fully saturated rings. The zero-order chi connectivity index (χ0) is 28.7. The largest absolute Gasteiger partial charge is 0.352 e. The Labute approximate surface area is 238 Å². The molecule has 8 heteroatoms. The fraction of sp³-hybridized carbons (Fsp3) is 0.375. The summed E-state index contributed by atoms with van der Waals surface area (Å²) in [6, 6.07) is 22.4. The Hall–Kier alpha value is -3.65. The highest BCUT2D eigenvalue weighted by Gasteiger charge is 2.34. The third-order valence-corrected chi connectivity index (χ3v) is 9.24. The van der Waals surface area contributed by atoms with Crippen molar-refractivity contribution in [1.82, 2.24) is 10.2 Å². The second-order valence-corrected chi connectivity index (χ2v) is 12.4. The van der Waals surface area contributed by atoms with E-state index in [0.717, 1.165) is 46.7 Å². The summed E-state index contributed by atoms with van der Waals surface area (Å²) in [6.07, 6.45) is 4.44. The van der Waals surface area contributed by atoms with E-state index in [1.54, 1.807) is 35.2 Å². The molecule has 1 atom stereocenters. The second-order valence-electron chi connectivity index (χ2n) is 10.6. The summed E-state index contributed by atoms with van der Waals surface area (Å²) in [5, 5.41) is 3.15. The SMILES string of the molecule is CC[C@@H](C(=O)NC1CCCC1)N(Cc1cccc(C)c1)C(=O)CN(c1ccc(C)cc1)S(=O)(=O)c1ccccc1. The van der Waals surface area contributed by atoms with Crippen molar-refractivity contribution >= 4 is 27.5 Å². The molecule has 1 aliphatic rings. The van der Waals surface area contributed by atoms with Crippen LogP contribution in [0.2, 0.25) is 0 Å². The van der Waals surface area contributed by atoms with Gasteiger partial charge in [0.2, 0.25) is 11.8 Å². The highest BCUT2D eigenvalue weighted by Crippen LogP contribution is 2.25. The van der Waals surface area contributed by atoms with Gasteiger partial charge in [-0.05, 0) is 62.9 Å². The van der Waals surface area contributed by atoms with Crippen molar-refractivity contribution in [2.75, 3.05) is 10.8 Å². The van der Waals surface area contributed by atoms with Gasteiger partial charge in [0, 0.05) is 12.6 Å². The molecule has 1 aliphatic carbocycles. The normalized spacial score (nSPS) is 14.5. The number of sulfonamides is 1. The van der Waals surface area contributed by atoms with Gasteiger partial charge in [-0.3, -0.25) is 13.9 Å². The number of carbonyl (C=O) groups is 2. The Morgan fingerprint density at radius 1 is 0.900 bits per heavy atom. The lowest BCUT2D eigenvalue weighted by Crippen LogP contribution is -2.53. The first kappa shape index (κ1) is 29.3. The van der Waals surface area contributed by atoms with Gasteiger partial charge in [0.25, 0.3) is 10.0 Å². The first-order valence-corrected chi connectivity index (χ1v) is 15.4. The smallest absolute Gasteiger partial charge is 0.264 e. The molecule has 3 aromatic carbocycles. The number of hydrogen-bond donors (Lipinski definition) is 1. The maximum Gasteiger partial charge on any atom is 0.264 e. The highest BCUT2D eigenvalue weighted by atomic mass is 32.2. The lowest BCUT2D eigenvalue weighted by molar-refractivity contribution is -0.140. The summed E-state index contributed by atoms with van der Waals surface area (Å²) >= 11 is 0. The van der Waals surface area contributed by atoms with Gasteiger partial charge >= 0.3 is 0 Å². The van der Waals surface area contributed by atoms with Crippen LogP contribution in [0.25, 0.3) is 0 Å². The van der Waals surface area contributed by atoms with Crippen LogP contribution in [0, 0.1) is 13.8 Å². The average Bonchev–Trinajstić information content (AvgIpc) is 3.45. The Morgan fingerprint density at radius 2 is 1.57 bits per heavy atom. The number of anilines is 1. The van der Waals surface area contributed by atoms with Crippen LogP contribution in [0.15, 0.2) is 83.8 Å². The lowest BCUT2D eigenvalue weighted by atomic mass is 10.1. The quantitative estimate of drug-likeness (QED) is 0.341. The fourth-order valence-electron chi connectivity index (χ4n) is 5.25. The van der Waals surface area contributed by atoms with Crippen molar-refractivity contribution in [1.29, 1.82) is 0 Å². The van der Waals surface area contributed by atoms with Gasteiger partial charge in [-0.25, -0.2) is 8.42 Å². The molecule has 0 saturated heterocycles. The molecular formula is C32H39N3O4S. The number of hydrogen-bond acceptors (Lipinski definition) is 4. The third kappa shape index (κ3) is 7.10. The van der Waals surface area contributed by atoms with Crippen LogP contribution in [0.5, 0.6) is 0 Å². The van der Waals surface area contributed by atoms with Crippen molar-refractivity contribution in [2.24, 2.45) is 0 Å². The van der Waals surface area contributed by atoms with Crippen molar-refractivity contribution in [3.8, 4) is 0 Å². The molecule has 40 heavy (non-hydrogen) atoms. The Morgan fingerprint density at radius 3 is 2.20 bits per heavy atom. The summed E-state index contributed by atoms with van der Waals surface area (Å²) in [6.45, 7) is 5.55. The van der Waals surface area contributed by atoms with Gasteiger partial charge < -0.3 is 10.2 Å². The van der Waals surface area contributed by atoms with E-state index in [1.807, 2.05) is 57.2 Å². The van der Waals surface area contributed by atoms with Crippen molar-refractivity contribution in [3.05, 3.63) is 95.6 Å². The molecule has 0 aromatic heterocycles. The molecule has 4 rings (SSSR count). The molecule has 1 N–H and O–H groups in total. The van der Waals surface area contributed by atoms with Crippen LogP contribution >= 0.6 is 0 Å². The molecule has 1 saturated carbocycles. The molecule has 7 nitrogen and oxygen atoms in total. The Bertz CT molecular complexity index is 1400. The number of nitrogens with zero attached hydrogens (tertiary/aromatic N) is 2. The molecule has 0 aliphatic heterocycles. The zero-order valence-electron chi connectivity index (χ0n) is 23.5. The third-order valence-electron chi connectivity index (χ3n) is 7.45. The van der Waals surface area contributed by atoms with Crippen LogP contribution in [0.4, 0.5) is 5.69 Å². The van der Waals surface area contributed by atoms with Crippen molar-refractivity contribution in [3.63, 3.8) is 0 Å². The zero-order valence-corrected chi connectivity index (χ0v) is 24.4. The van der Waals surface area contributed by atoms with Gasteiger partial charge in [-0.2, -0.15) is 0 Å². The average molecular weight is 562 g/mol. The first-order chi connectivity index (χ1) is 19.2. The highest BCUT2D eigenvalue weighted by molar-refractivity contribution is 7.92. The molecule has 0 unspecified atom stereocenters. The fourth-order valence-corrected chi connectivity index (χ4v) is 6.69. The summed E-state index contributed by atoms with van der Waals surface area (Å²) in [5.74, 6) is -0.627. The Kier molecular flexibility index (Phi) is 9.63. The van der Waals surface area contributed by atoms with Gasteiger partial charge in [0.1, 0.15) is 12.6 Å². The molecule has 0 bridgehead atoms. The van der Waals surface area contributed by atoms with Crippen molar-refractivity contribution in [2.45, 2.75) is 76.4 Å². The summed E-state index contributed by atoms with van der Waals surface area (Å²) in [4.78, 5) is 29.3. The van der Waals surface area contributed by atoms with E-state index in [0.29, 0.717) is 12.1 Å². The number of nitrogens with one attached hydrogen (secondary N) is 1. The van der Waals surface area contributed by atoms with E-state index in [9.17, 15) is 18.0 Å². The summed E-state index contributed by atoms with van der Waals surface area (Å²) < 4.78 is 28.9. The van der Waals surface area contributed by atoms with Crippen LogP contribution in [0.1, 0.15) is 55.7 Å². The molecule has 3 aromatic rings. The van der Waals surface area contributed by atoms with E-state index in [4.69, 9.17) is 0 Å². The first-order valence-electron chi connectivity index (χ1n) is 14.0. The van der Waals surface area contributed by atoms with Crippen LogP contribution < -0.4 is 9.62 Å². The number of rotatable bonds is 11. The van der Waals surface area contributed by atoms with E-state index in [1.165, 1.54) is 12.1 Å². The van der Waals surface area contributed by atoms with Crippen molar-refractivity contribution < 1.29 is 18.0 Å². The number of aryl methyl sites for hydroxylation is 2. The molecule has 212 valence electrons. The van der Waals surface area contributed by atoms with Crippen LogP contribution in [-0.4, -0.2) is 43.8 Å². The molecule has 0 heterocycles.